The molecular weight excluding hydrogens is 380 g/mol. The van der Waals surface area contributed by atoms with Gasteiger partial charge < -0.3 is 15.4 Å². The molecule has 0 saturated heterocycles. The summed E-state index contributed by atoms with van der Waals surface area (Å²) in [6.45, 7) is 6.57. The average Bonchev–Trinajstić information content (AvgIpc) is 3.14. The van der Waals surface area contributed by atoms with E-state index in [1.54, 1.807) is 29.3 Å². The number of hydrogen-bond donors (Lipinski definition) is 1. The number of carbonyl (C=O) groups is 1. The third-order valence-corrected chi connectivity index (χ3v) is 5.32. The Morgan fingerprint density at radius 2 is 2.17 bits per heavy atom. The highest BCUT2D eigenvalue weighted by Crippen LogP contribution is 2.38. The van der Waals surface area contributed by atoms with Gasteiger partial charge in [0.1, 0.15) is 17.6 Å². The summed E-state index contributed by atoms with van der Waals surface area (Å²) in [5, 5.41) is 9.77. The highest BCUT2D eigenvalue weighted by molar-refractivity contribution is 5.97. The number of nitrogen functional groups attached to an aromatic ring is 1. The van der Waals surface area contributed by atoms with E-state index in [0.717, 1.165) is 16.5 Å². The molecule has 3 aromatic heterocycles. The summed E-state index contributed by atoms with van der Waals surface area (Å²) >= 11 is 0. The minimum atomic E-state index is -0.199. The first-order valence-corrected chi connectivity index (χ1v) is 9.74. The van der Waals surface area contributed by atoms with Crippen molar-refractivity contribution in [2.45, 2.75) is 46.1 Å². The van der Waals surface area contributed by atoms with Gasteiger partial charge in [-0.2, -0.15) is 5.26 Å². The van der Waals surface area contributed by atoms with Gasteiger partial charge in [-0.1, -0.05) is 0 Å². The Kier molecular flexibility index (Phi) is 5.06. The van der Waals surface area contributed by atoms with Crippen LogP contribution in [0.25, 0.3) is 10.9 Å². The molecule has 30 heavy (non-hydrogen) atoms. The van der Waals surface area contributed by atoms with E-state index in [4.69, 9.17) is 15.7 Å². The molecule has 1 aliphatic heterocycles. The first-order valence-electron chi connectivity index (χ1n) is 9.74. The van der Waals surface area contributed by atoms with E-state index in [1.165, 1.54) is 6.20 Å². The van der Waals surface area contributed by atoms with Gasteiger partial charge in [0.15, 0.2) is 0 Å². The Balaban J connectivity index is 1.69. The minimum Gasteiger partial charge on any atom is -0.383 e. The zero-order valence-corrected chi connectivity index (χ0v) is 17.1. The molecule has 1 aliphatic rings. The lowest BCUT2D eigenvalue weighted by Crippen LogP contribution is -2.37. The van der Waals surface area contributed by atoms with Crippen LogP contribution < -0.4 is 5.73 Å². The summed E-state index contributed by atoms with van der Waals surface area (Å²) in [6, 6.07) is 7.20. The molecule has 0 bridgehead atoms. The molecule has 8 nitrogen and oxygen atoms in total. The maximum Gasteiger partial charge on any atom is 0.273 e. The molecule has 4 rings (SSSR count). The van der Waals surface area contributed by atoms with Crippen LogP contribution in [0, 0.1) is 11.3 Å². The normalized spacial score (nSPS) is 15.2. The van der Waals surface area contributed by atoms with Gasteiger partial charge in [-0.05, 0) is 44.5 Å². The van der Waals surface area contributed by atoms with Crippen LogP contribution in [-0.2, 0) is 17.9 Å². The Hall–Kier alpha value is -3.57. The van der Waals surface area contributed by atoms with Gasteiger partial charge in [0, 0.05) is 23.2 Å². The van der Waals surface area contributed by atoms with Crippen molar-refractivity contribution in [3.05, 3.63) is 58.7 Å². The number of amides is 1. The molecule has 152 valence electrons. The smallest absolute Gasteiger partial charge is 0.273 e. The number of carbonyl (C=O) groups excluding carboxylic acids is 1. The Morgan fingerprint density at radius 1 is 1.37 bits per heavy atom. The molecule has 0 spiro atoms. The zero-order valence-electron chi connectivity index (χ0n) is 17.1. The van der Waals surface area contributed by atoms with Crippen molar-refractivity contribution in [2.24, 2.45) is 0 Å². The van der Waals surface area contributed by atoms with E-state index in [0.29, 0.717) is 41.4 Å². The molecular formula is C22H22N6O2. The van der Waals surface area contributed by atoms with Crippen LogP contribution in [0.4, 0.5) is 5.82 Å². The first-order chi connectivity index (χ1) is 14.4. The molecule has 4 heterocycles. The molecule has 0 saturated carbocycles. The van der Waals surface area contributed by atoms with Gasteiger partial charge >= 0.3 is 0 Å². The van der Waals surface area contributed by atoms with Crippen molar-refractivity contribution in [1.29, 1.82) is 5.26 Å². The van der Waals surface area contributed by atoms with Gasteiger partial charge in [0.2, 0.25) is 0 Å². The molecule has 2 N–H and O–H groups in total. The average molecular weight is 402 g/mol. The fourth-order valence-electron chi connectivity index (χ4n) is 3.68. The highest BCUT2D eigenvalue weighted by Gasteiger charge is 2.27. The number of aromatic nitrogens is 3. The standard InChI is InChI=1S/C22H22N6O2/c1-12(2)28(10-15-5-4-14(7-23)8-25-15)22(29)18-6-16-17-11-30-13(3)20(17)21(24)27-19(16)9-26-18/h4-6,8-9,12-13H,10-11H2,1-3H3,(H2,24,27)/t13-/m1/s1. The minimum absolute atomic E-state index is 0.0638. The molecule has 1 atom stereocenters. The molecule has 0 unspecified atom stereocenters. The largest absolute Gasteiger partial charge is 0.383 e. The van der Waals surface area contributed by atoms with Crippen LogP contribution in [0.3, 0.4) is 0 Å². The van der Waals surface area contributed by atoms with Gasteiger partial charge in [0.05, 0.1) is 42.2 Å². The first kappa shape index (κ1) is 19.7. The van der Waals surface area contributed by atoms with Gasteiger partial charge in [-0.3, -0.25) is 9.78 Å². The Bertz CT molecular complexity index is 1170. The van der Waals surface area contributed by atoms with Crippen molar-refractivity contribution in [1.82, 2.24) is 19.9 Å². The lowest BCUT2D eigenvalue weighted by molar-refractivity contribution is 0.0681. The fraction of sp³-hybridized carbons (Fsp3) is 0.318. The number of pyridine rings is 3. The maximum absolute atomic E-state index is 13.3. The summed E-state index contributed by atoms with van der Waals surface area (Å²) in [5.41, 5.74) is 10.1. The van der Waals surface area contributed by atoms with Crippen LogP contribution in [0.5, 0.6) is 0 Å². The topological polar surface area (TPSA) is 118 Å². The predicted molar refractivity (Wildman–Crippen MR) is 111 cm³/mol. The van der Waals surface area contributed by atoms with E-state index in [2.05, 4.69) is 15.0 Å². The number of nitrogens with two attached hydrogens (primary N) is 1. The number of anilines is 1. The zero-order chi connectivity index (χ0) is 21.4. The number of nitriles is 1. The summed E-state index contributed by atoms with van der Waals surface area (Å²) < 4.78 is 5.73. The van der Waals surface area contributed by atoms with Crippen molar-refractivity contribution >= 4 is 22.6 Å². The second-order valence-corrected chi connectivity index (χ2v) is 7.61. The van der Waals surface area contributed by atoms with Crippen LogP contribution in [-0.4, -0.2) is 31.8 Å². The molecule has 0 radical (unpaired) electrons. The molecule has 0 fully saturated rings. The number of rotatable bonds is 4. The second-order valence-electron chi connectivity index (χ2n) is 7.61. The summed E-state index contributed by atoms with van der Waals surface area (Å²) in [6.07, 6.45) is 2.96. The number of ether oxygens (including phenoxy) is 1. The van der Waals surface area contributed by atoms with Crippen molar-refractivity contribution in [2.75, 3.05) is 5.73 Å². The summed E-state index contributed by atoms with van der Waals surface area (Å²) in [4.78, 5) is 28.1. The summed E-state index contributed by atoms with van der Waals surface area (Å²) in [5.74, 6) is 0.245. The monoisotopic (exact) mass is 402 g/mol. The third-order valence-electron chi connectivity index (χ3n) is 5.32. The number of hydrogen-bond acceptors (Lipinski definition) is 7. The van der Waals surface area contributed by atoms with Crippen molar-refractivity contribution in [3.8, 4) is 6.07 Å². The van der Waals surface area contributed by atoms with E-state index < -0.39 is 0 Å². The lowest BCUT2D eigenvalue weighted by atomic mass is 10.0. The molecule has 0 aromatic carbocycles. The van der Waals surface area contributed by atoms with E-state index in [-0.39, 0.29) is 18.1 Å². The SMILES string of the molecule is CC(C)N(Cc1ccc(C#N)cn1)C(=O)c1cc2c3c(c(N)nc2cn1)[C@@H](C)OC3. The number of fused-ring (bicyclic) bond motifs is 3. The Labute approximate surface area is 174 Å². The van der Waals surface area contributed by atoms with E-state index in [9.17, 15) is 4.79 Å². The van der Waals surface area contributed by atoms with Crippen LogP contribution in [0.15, 0.2) is 30.6 Å². The molecule has 8 heteroatoms. The predicted octanol–water partition coefficient (Wildman–Crippen LogP) is 3.12. The summed E-state index contributed by atoms with van der Waals surface area (Å²) in [7, 11) is 0. The highest BCUT2D eigenvalue weighted by atomic mass is 16.5. The third kappa shape index (κ3) is 3.44. The molecule has 1 amide bonds. The van der Waals surface area contributed by atoms with Crippen LogP contribution >= 0.6 is 0 Å². The second kappa shape index (κ2) is 7.69. The van der Waals surface area contributed by atoms with Gasteiger partial charge in [0.25, 0.3) is 5.91 Å². The van der Waals surface area contributed by atoms with Gasteiger partial charge in [-0.25, -0.2) is 9.97 Å². The van der Waals surface area contributed by atoms with Crippen LogP contribution in [0.2, 0.25) is 0 Å². The number of nitrogens with zero attached hydrogens (tertiary/aromatic N) is 5. The Morgan fingerprint density at radius 3 is 2.83 bits per heavy atom. The maximum atomic E-state index is 13.3. The van der Waals surface area contributed by atoms with Gasteiger partial charge in [-0.15, -0.1) is 0 Å². The van der Waals surface area contributed by atoms with Crippen molar-refractivity contribution in [3.63, 3.8) is 0 Å². The van der Waals surface area contributed by atoms with E-state index >= 15 is 0 Å². The fourth-order valence-corrected chi connectivity index (χ4v) is 3.68. The van der Waals surface area contributed by atoms with E-state index in [1.807, 2.05) is 26.8 Å². The van der Waals surface area contributed by atoms with Crippen molar-refractivity contribution < 1.29 is 9.53 Å². The van der Waals surface area contributed by atoms with Crippen LogP contribution in [0.1, 0.15) is 59.7 Å². The molecule has 0 aliphatic carbocycles. The molecule has 3 aromatic rings. The quantitative estimate of drug-likeness (QED) is 0.712. The lowest BCUT2D eigenvalue weighted by Gasteiger charge is -2.26.